The molecule has 15 heavy (non-hydrogen) atoms. The second-order valence-electron chi connectivity index (χ2n) is 3.37. The number of phenolic OH excluding ortho intramolecular Hbond substituents is 1. The fraction of sp³-hybridized carbons (Fsp3) is 0.455. The van der Waals surface area contributed by atoms with Gasteiger partial charge in [0.2, 0.25) is 0 Å². The molecule has 1 unspecified atom stereocenters. The summed E-state index contributed by atoms with van der Waals surface area (Å²) in [6, 6.07) is 6.71. The Balaban J connectivity index is 2.57. The Kier molecular flexibility index (Phi) is 4.55. The molecule has 0 heterocycles. The lowest BCUT2D eigenvalue weighted by molar-refractivity contribution is -0.115. The molecule has 0 spiro atoms. The van der Waals surface area contributed by atoms with Gasteiger partial charge >= 0.3 is 0 Å². The Morgan fingerprint density at radius 1 is 1.20 bits per heavy atom. The minimum Gasteiger partial charge on any atom is -0.508 e. The van der Waals surface area contributed by atoms with Gasteiger partial charge in [0.1, 0.15) is 5.75 Å². The van der Waals surface area contributed by atoms with Crippen LogP contribution in [0.3, 0.4) is 0 Å². The van der Waals surface area contributed by atoms with Gasteiger partial charge in [-0.15, -0.1) is 0 Å². The van der Waals surface area contributed by atoms with Gasteiger partial charge in [0.05, 0.1) is 6.04 Å². The number of hydrogen-bond donors (Lipinski definition) is 2. The highest BCUT2D eigenvalue weighted by Crippen LogP contribution is 2.12. The van der Waals surface area contributed by atoms with Gasteiger partial charge < -0.3 is 20.3 Å². The molecule has 0 bridgehead atoms. The van der Waals surface area contributed by atoms with E-state index in [9.17, 15) is 0 Å². The molecule has 0 aliphatic carbocycles. The van der Waals surface area contributed by atoms with Gasteiger partial charge in [-0.2, -0.15) is 0 Å². The van der Waals surface area contributed by atoms with E-state index in [0.29, 0.717) is 6.42 Å². The summed E-state index contributed by atoms with van der Waals surface area (Å²) in [5, 5.41) is 9.11. The van der Waals surface area contributed by atoms with E-state index in [1.165, 1.54) is 0 Å². The molecule has 0 aliphatic rings. The van der Waals surface area contributed by atoms with Crippen LogP contribution >= 0.6 is 0 Å². The summed E-state index contributed by atoms with van der Waals surface area (Å²) in [6.07, 6.45) is 0.242. The smallest absolute Gasteiger partial charge is 0.172 e. The van der Waals surface area contributed by atoms with Crippen molar-refractivity contribution < 1.29 is 14.6 Å². The molecular formula is C11H17NO3. The summed E-state index contributed by atoms with van der Waals surface area (Å²) in [5.74, 6) is 0.252. The van der Waals surface area contributed by atoms with Crippen LogP contribution in [0.5, 0.6) is 5.75 Å². The first-order valence-electron chi connectivity index (χ1n) is 4.76. The van der Waals surface area contributed by atoms with Gasteiger partial charge in [0.25, 0.3) is 0 Å². The van der Waals surface area contributed by atoms with E-state index in [2.05, 4.69) is 0 Å². The van der Waals surface area contributed by atoms with Gasteiger partial charge in [-0.25, -0.2) is 0 Å². The van der Waals surface area contributed by atoms with E-state index in [1.807, 2.05) is 12.1 Å². The van der Waals surface area contributed by atoms with Crippen LogP contribution in [-0.4, -0.2) is 31.7 Å². The number of hydrogen-bond acceptors (Lipinski definition) is 4. The number of methoxy groups -OCH3 is 2. The topological polar surface area (TPSA) is 64.7 Å². The fourth-order valence-corrected chi connectivity index (χ4v) is 1.45. The lowest BCUT2D eigenvalue weighted by Crippen LogP contribution is -2.39. The highest BCUT2D eigenvalue weighted by atomic mass is 16.7. The molecule has 0 amide bonds. The quantitative estimate of drug-likeness (QED) is 0.710. The number of rotatable bonds is 5. The average molecular weight is 211 g/mol. The van der Waals surface area contributed by atoms with Crippen molar-refractivity contribution in [3.63, 3.8) is 0 Å². The van der Waals surface area contributed by atoms with E-state index in [4.69, 9.17) is 20.3 Å². The van der Waals surface area contributed by atoms with Crippen molar-refractivity contribution in [2.75, 3.05) is 14.2 Å². The van der Waals surface area contributed by atoms with Gasteiger partial charge in [-0.3, -0.25) is 0 Å². The van der Waals surface area contributed by atoms with E-state index in [1.54, 1.807) is 26.4 Å². The van der Waals surface area contributed by atoms with Gasteiger partial charge in [-0.1, -0.05) is 12.1 Å². The van der Waals surface area contributed by atoms with Gasteiger partial charge in [0, 0.05) is 14.2 Å². The summed E-state index contributed by atoms with van der Waals surface area (Å²) in [5.41, 5.74) is 6.94. The molecule has 3 N–H and O–H groups in total. The maximum atomic E-state index is 9.11. The summed E-state index contributed by atoms with van der Waals surface area (Å²) >= 11 is 0. The molecular weight excluding hydrogens is 194 g/mol. The molecule has 0 radical (unpaired) electrons. The van der Waals surface area contributed by atoms with E-state index < -0.39 is 6.29 Å². The Hall–Kier alpha value is -1.10. The van der Waals surface area contributed by atoms with Crippen LogP contribution in [0.15, 0.2) is 24.3 Å². The number of benzene rings is 1. The average Bonchev–Trinajstić information content (AvgIpc) is 2.23. The molecule has 1 rings (SSSR count). The van der Waals surface area contributed by atoms with Crippen molar-refractivity contribution in [3.8, 4) is 5.75 Å². The van der Waals surface area contributed by atoms with Crippen LogP contribution < -0.4 is 5.73 Å². The molecule has 0 saturated carbocycles. The third-order valence-corrected chi connectivity index (χ3v) is 2.22. The highest BCUT2D eigenvalue weighted by Gasteiger charge is 2.16. The SMILES string of the molecule is COC(OC)C(N)Cc1ccc(O)cc1. The molecule has 4 nitrogen and oxygen atoms in total. The molecule has 0 aliphatic heterocycles. The minimum absolute atomic E-state index is 0.218. The molecule has 84 valence electrons. The van der Waals surface area contributed by atoms with Crippen LogP contribution in [0.25, 0.3) is 0 Å². The predicted octanol–water partition coefficient (Wildman–Crippen LogP) is 0.881. The summed E-state index contributed by atoms with van der Waals surface area (Å²) in [6.45, 7) is 0. The third-order valence-electron chi connectivity index (χ3n) is 2.22. The van der Waals surface area contributed by atoms with Crippen LogP contribution in [0.1, 0.15) is 5.56 Å². The monoisotopic (exact) mass is 211 g/mol. The normalized spacial score (nSPS) is 13.1. The first-order valence-corrected chi connectivity index (χ1v) is 4.76. The number of phenols is 1. The standard InChI is InChI=1S/C11H17NO3/c1-14-11(15-2)10(12)7-8-3-5-9(13)6-4-8/h3-6,10-11,13H,7,12H2,1-2H3. The molecule has 1 atom stereocenters. The molecule has 4 heteroatoms. The molecule has 0 saturated heterocycles. The second-order valence-corrected chi connectivity index (χ2v) is 3.37. The van der Waals surface area contributed by atoms with Crippen molar-refractivity contribution in [1.29, 1.82) is 0 Å². The van der Waals surface area contributed by atoms with Crippen molar-refractivity contribution in [3.05, 3.63) is 29.8 Å². The number of nitrogens with two attached hydrogens (primary N) is 1. The molecule has 1 aromatic rings. The van der Waals surface area contributed by atoms with Crippen LogP contribution in [-0.2, 0) is 15.9 Å². The maximum absolute atomic E-state index is 9.11. The van der Waals surface area contributed by atoms with Crippen molar-refractivity contribution >= 4 is 0 Å². The minimum atomic E-state index is -0.404. The van der Waals surface area contributed by atoms with Crippen LogP contribution in [0, 0.1) is 0 Å². The summed E-state index contributed by atoms with van der Waals surface area (Å²) < 4.78 is 10.1. The number of ether oxygens (including phenoxy) is 2. The van der Waals surface area contributed by atoms with E-state index >= 15 is 0 Å². The van der Waals surface area contributed by atoms with Gasteiger partial charge in [-0.05, 0) is 24.1 Å². The molecule has 0 fully saturated rings. The third kappa shape index (κ3) is 3.51. The molecule has 1 aromatic carbocycles. The van der Waals surface area contributed by atoms with E-state index in [0.717, 1.165) is 5.56 Å². The lowest BCUT2D eigenvalue weighted by atomic mass is 10.1. The van der Waals surface area contributed by atoms with E-state index in [-0.39, 0.29) is 11.8 Å². The zero-order valence-electron chi connectivity index (χ0n) is 9.01. The van der Waals surface area contributed by atoms with Crippen LogP contribution in [0.4, 0.5) is 0 Å². The lowest BCUT2D eigenvalue weighted by Gasteiger charge is -2.20. The predicted molar refractivity (Wildman–Crippen MR) is 57.6 cm³/mol. The Bertz CT molecular complexity index is 282. The zero-order chi connectivity index (χ0) is 11.3. The molecule has 0 aromatic heterocycles. The Morgan fingerprint density at radius 3 is 2.20 bits per heavy atom. The zero-order valence-corrected chi connectivity index (χ0v) is 9.01. The largest absolute Gasteiger partial charge is 0.508 e. The fourth-order valence-electron chi connectivity index (χ4n) is 1.45. The first kappa shape index (κ1) is 12.0. The summed E-state index contributed by atoms with van der Waals surface area (Å²) in [7, 11) is 3.12. The van der Waals surface area contributed by atoms with Crippen molar-refractivity contribution in [1.82, 2.24) is 0 Å². The van der Waals surface area contributed by atoms with Gasteiger partial charge in [0.15, 0.2) is 6.29 Å². The first-order chi connectivity index (χ1) is 7.17. The van der Waals surface area contributed by atoms with Crippen LogP contribution in [0.2, 0.25) is 0 Å². The summed E-state index contributed by atoms with van der Waals surface area (Å²) in [4.78, 5) is 0. The van der Waals surface area contributed by atoms with Crippen molar-refractivity contribution in [2.24, 2.45) is 5.73 Å². The second kappa shape index (κ2) is 5.70. The Morgan fingerprint density at radius 2 is 1.73 bits per heavy atom. The Labute approximate surface area is 89.6 Å². The highest BCUT2D eigenvalue weighted by molar-refractivity contribution is 5.26. The van der Waals surface area contributed by atoms with Crippen molar-refractivity contribution in [2.45, 2.75) is 18.8 Å². The maximum Gasteiger partial charge on any atom is 0.172 e. The number of aromatic hydroxyl groups is 1.